The van der Waals surface area contributed by atoms with E-state index >= 15 is 0 Å². The van der Waals surface area contributed by atoms with Gasteiger partial charge in [0.15, 0.2) is 5.96 Å². The van der Waals surface area contributed by atoms with Gasteiger partial charge in [-0.1, -0.05) is 0 Å². The van der Waals surface area contributed by atoms with Crippen LogP contribution in [0.4, 0.5) is 5.69 Å². The number of nitrogens with zero attached hydrogens (tertiary/aromatic N) is 1. The van der Waals surface area contributed by atoms with Crippen molar-refractivity contribution in [1.82, 2.24) is 15.3 Å². The first-order chi connectivity index (χ1) is 9.15. The fraction of sp³-hybridized carbons (Fsp3) is 0.182. The molecule has 9 heteroatoms. The molecule has 2 aromatic rings. The zero-order chi connectivity index (χ0) is 13.4. The van der Waals surface area contributed by atoms with Gasteiger partial charge in [-0.15, -0.1) is 12.4 Å². The largest absolute Gasteiger partial charge is 0.354 e. The second-order valence-corrected chi connectivity index (χ2v) is 4.83. The van der Waals surface area contributed by atoms with Crippen LogP contribution in [0.5, 0.6) is 0 Å². The first kappa shape index (κ1) is 14.6. The van der Waals surface area contributed by atoms with E-state index in [2.05, 4.69) is 41.5 Å². The second-order valence-electron chi connectivity index (χ2n) is 4.04. The first-order valence-corrected chi connectivity index (χ1v) is 6.44. The number of halogens is 2. The van der Waals surface area contributed by atoms with Gasteiger partial charge in [-0.2, -0.15) is 0 Å². The number of aromatic amines is 2. The molecule has 0 fully saturated rings. The summed E-state index contributed by atoms with van der Waals surface area (Å²) < 4.78 is 0.662. The quantitative estimate of drug-likeness (QED) is 0.564. The number of guanidine groups is 1. The van der Waals surface area contributed by atoms with Crippen LogP contribution < -0.4 is 21.8 Å². The number of benzene rings is 1. The number of hydrogen-bond donors (Lipinski definition) is 4. The van der Waals surface area contributed by atoms with E-state index in [1.54, 1.807) is 12.1 Å². The maximum Gasteiger partial charge on any atom is 0.314 e. The molecule has 2 heterocycles. The van der Waals surface area contributed by atoms with E-state index in [4.69, 9.17) is 0 Å². The molecule has 4 N–H and O–H groups in total. The molecule has 3 rings (SSSR count). The SMILES string of the molecule is Cl.O=c1[nH]c2ccc(NC3=NCCN3)c(Br)c2[nH]c1=O. The van der Waals surface area contributed by atoms with Crippen molar-refractivity contribution in [2.75, 3.05) is 18.4 Å². The summed E-state index contributed by atoms with van der Waals surface area (Å²) in [7, 11) is 0. The Labute approximate surface area is 127 Å². The summed E-state index contributed by atoms with van der Waals surface area (Å²) in [6.45, 7) is 1.54. The minimum atomic E-state index is -0.679. The third-order valence-corrected chi connectivity index (χ3v) is 3.59. The van der Waals surface area contributed by atoms with Crippen LogP contribution in [0, 0.1) is 0 Å². The topological polar surface area (TPSA) is 102 Å². The molecule has 1 aliphatic heterocycles. The lowest BCUT2D eigenvalue weighted by Crippen LogP contribution is -2.29. The summed E-state index contributed by atoms with van der Waals surface area (Å²) in [6.07, 6.45) is 0. The predicted molar refractivity (Wildman–Crippen MR) is 84.1 cm³/mol. The minimum Gasteiger partial charge on any atom is -0.354 e. The highest BCUT2D eigenvalue weighted by Gasteiger charge is 2.11. The van der Waals surface area contributed by atoms with Crippen molar-refractivity contribution < 1.29 is 0 Å². The molecular formula is C11H11BrClN5O2. The van der Waals surface area contributed by atoms with Crippen molar-refractivity contribution in [2.45, 2.75) is 0 Å². The number of H-pyrrole nitrogens is 2. The van der Waals surface area contributed by atoms with Gasteiger partial charge >= 0.3 is 11.1 Å². The van der Waals surface area contributed by atoms with E-state index in [0.29, 0.717) is 21.5 Å². The zero-order valence-electron chi connectivity index (χ0n) is 10.1. The van der Waals surface area contributed by atoms with Crippen molar-refractivity contribution in [1.29, 1.82) is 0 Å². The van der Waals surface area contributed by atoms with Gasteiger partial charge in [0.25, 0.3) is 0 Å². The van der Waals surface area contributed by atoms with Gasteiger partial charge in [0, 0.05) is 6.54 Å². The minimum absolute atomic E-state index is 0. The molecule has 7 nitrogen and oxygen atoms in total. The van der Waals surface area contributed by atoms with Crippen molar-refractivity contribution in [3.8, 4) is 0 Å². The standard InChI is InChI=1S/C11H10BrN5O2.ClH/c12-7-5(16-11-13-3-4-14-11)1-2-6-8(7)17-10(19)9(18)15-6;/h1-2H,3-4H2,(H,15,18)(H,17,19)(H2,13,14,16);1H. The van der Waals surface area contributed by atoms with Crippen LogP contribution in [-0.4, -0.2) is 29.0 Å². The van der Waals surface area contributed by atoms with E-state index < -0.39 is 11.1 Å². The van der Waals surface area contributed by atoms with Crippen molar-refractivity contribution in [3.63, 3.8) is 0 Å². The van der Waals surface area contributed by atoms with Crippen LogP contribution in [0.3, 0.4) is 0 Å². The number of aromatic nitrogens is 2. The van der Waals surface area contributed by atoms with E-state index in [0.717, 1.165) is 18.8 Å². The molecule has 1 aliphatic rings. The summed E-state index contributed by atoms with van der Waals surface area (Å²) >= 11 is 3.41. The van der Waals surface area contributed by atoms with Crippen LogP contribution >= 0.6 is 28.3 Å². The lowest BCUT2D eigenvalue weighted by Gasteiger charge is -2.10. The van der Waals surface area contributed by atoms with Gasteiger partial charge in [-0.3, -0.25) is 14.6 Å². The number of hydrogen-bond acceptors (Lipinski definition) is 5. The Morgan fingerprint density at radius 2 is 1.95 bits per heavy atom. The predicted octanol–water partition coefficient (Wildman–Crippen LogP) is 0.772. The molecular weight excluding hydrogens is 350 g/mol. The molecule has 1 aromatic heterocycles. The molecule has 1 aromatic carbocycles. The van der Waals surface area contributed by atoms with Gasteiger partial charge in [0.1, 0.15) is 0 Å². The molecule has 0 atom stereocenters. The Morgan fingerprint density at radius 3 is 2.65 bits per heavy atom. The fourth-order valence-electron chi connectivity index (χ4n) is 1.86. The average Bonchev–Trinajstić information content (AvgIpc) is 2.88. The Kier molecular flexibility index (Phi) is 4.15. The lowest BCUT2D eigenvalue weighted by molar-refractivity contribution is 0.959. The van der Waals surface area contributed by atoms with Gasteiger partial charge in [-0.25, -0.2) is 0 Å². The van der Waals surface area contributed by atoms with Crippen LogP contribution in [0.2, 0.25) is 0 Å². The Hall–Kier alpha value is -1.80. The number of anilines is 1. The maximum absolute atomic E-state index is 11.4. The van der Waals surface area contributed by atoms with Gasteiger partial charge in [-0.05, 0) is 28.1 Å². The molecule has 0 unspecified atom stereocenters. The van der Waals surface area contributed by atoms with Crippen molar-refractivity contribution >= 4 is 51.0 Å². The van der Waals surface area contributed by atoms with Crippen LogP contribution in [0.15, 0.2) is 31.2 Å². The first-order valence-electron chi connectivity index (χ1n) is 5.65. The highest BCUT2D eigenvalue weighted by atomic mass is 79.9. The van der Waals surface area contributed by atoms with Crippen LogP contribution in [0.25, 0.3) is 11.0 Å². The average molecular weight is 361 g/mol. The lowest BCUT2D eigenvalue weighted by atomic mass is 10.2. The molecule has 0 aliphatic carbocycles. The Bertz CT molecular complexity index is 797. The molecule has 0 saturated heterocycles. The van der Waals surface area contributed by atoms with E-state index in [1.165, 1.54) is 0 Å². The fourth-order valence-corrected chi connectivity index (χ4v) is 2.40. The summed E-state index contributed by atoms with van der Waals surface area (Å²) in [5, 5.41) is 6.20. The highest BCUT2D eigenvalue weighted by Crippen LogP contribution is 2.28. The normalized spacial score (nSPS) is 13.6. The van der Waals surface area contributed by atoms with Gasteiger partial charge in [0.2, 0.25) is 0 Å². The van der Waals surface area contributed by atoms with Crippen molar-refractivity contribution in [2.24, 2.45) is 4.99 Å². The zero-order valence-corrected chi connectivity index (χ0v) is 12.5. The molecule has 106 valence electrons. The summed E-state index contributed by atoms with van der Waals surface area (Å²) in [4.78, 5) is 31.9. The van der Waals surface area contributed by atoms with Gasteiger partial charge in [0.05, 0.1) is 27.7 Å². The smallest absolute Gasteiger partial charge is 0.314 e. The van der Waals surface area contributed by atoms with E-state index in [1.807, 2.05) is 0 Å². The van der Waals surface area contributed by atoms with Crippen LogP contribution in [-0.2, 0) is 0 Å². The second kappa shape index (κ2) is 5.68. The molecule has 0 bridgehead atoms. The van der Waals surface area contributed by atoms with Crippen LogP contribution in [0.1, 0.15) is 0 Å². The van der Waals surface area contributed by atoms with Crippen molar-refractivity contribution in [3.05, 3.63) is 37.3 Å². The molecule has 20 heavy (non-hydrogen) atoms. The number of fused-ring (bicyclic) bond motifs is 1. The summed E-state index contributed by atoms with van der Waals surface area (Å²) in [5.74, 6) is 0.687. The molecule has 0 radical (unpaired) electrons. The Morgan fingerprint density at radius 1 is 1.20 bits per heavy atom. The summed E-state index contributed by atoms with van der Waals surface area (Å²) in [6, 6.07) is 3.51. The van der Waals surface area contributed by atoms with E-state index in [-0.39, 0.29) is 12.4 Å². The summed E-state index contributed by atoms with van der Waals surface area (Å²) in [5.41, 5.74) is 0.503. The molecule has 0 spiro atoms. The third kappa shape index (κ3) is 2.56. The molecule has 0 saturated carbocycles. The number of nitrogens with one attached hydrogen (secondary N) is 4. The maximum atomic E-state index is 11.4. The third-order valence-electron chi connectivity index (χ3n) is 2.76. The Balaban J connectivity index is 0.00000147. The monoisotopic (exact) mass is 359 g/mol. The highest BCUT2D eigenvalue weighted by molar-refractivity contribution is 9.10. The molecule has 0 amide bonds. The van der Waals surface area contributed by atoms with Gasteiger partial charge < -0.3 is 20.6 Å². The number of rotatable bonds is 1. The van der Waals surface area contributed by atoms with E-state index in [9.17, 15) is 9.59 Å². The number of aliphatic imine (C=N–C) groups is 1.